The van der Waals surface area contributed by atoms with E-state index >= 15 is 0 Å². The Bertz CT molecular complexity index is 514. The molecule has 0 atom stereocenters. The lowest BCUT2D eigenvalue weighted by Crippen LogP contribution is -2.37. The number of halogens is 1. The highest BCUT2D eigenvalue weighted by atomic mass is 35.5. The average Bonchev–Trinajstić information content (AvgIpc) is 2.71. The maximum absolute atomic E-state index is 12.3. The average molecular weight is 357 g/mol. The number of hydrogen-bond donors (Lipinski definition) is 2. The van der Waals surface area contributed by atoms with E-state index in [2.05, 4.69) is 36.5 Å². The quantitative estimate of drug-likeness (QED) is 0.627. The third-order valence-corrected chi connectivity index (χ3v) is 4.59. The Balaban J connectivity index is 0.00000288. The SMILES string of the molecule is Cc1c(C(=O)NCCNC2CCCCCC2)cnn1C(C)(C)C.Cl. The predicted octanol–water partition coefficient (Wildman–Crippen LogP) is 3.41. The van der Waals surface area contributed by atoms with Gasteiger partial charge in [-0.3, -0.25) is 9.48 Å². The molecule has 1 aromatic rings. The highest BCUT2D eigenvalue weighted by Crippen LogP contribution is 2.18. The van der Waals surface area contributed by atoms with Crippen LogP contribution in [0, 0.1) is 6.92 Å². The van der Waals surface area contributed by atoms with E-state index in [4.69, 9.17) is 0 Å². The van der Waals surface area contributed by atoms with Crippen LogP contribution in [0.15, 0.2) is 6.20 Å². The topological polar surface area (TPSA) is 59.0 Å². The van der Waals surface area contributed by atoms with Crippen molar-refractivity contribution in [2.24, 2.45) is 0 Å². The van der Waals surface area contributed by atoms with Gasteiger partial charge in [0.25, 0.3) is 5.91 Å². The van der Waals surface area contributed by atoms with Crippen LogP contribution in [0.2, 0.25) is 0 Å². The van der Waals surface area contributed by atoms with Crippen molar-refractivity contribution < 1.29 is 4.79 Å². The standard InChI is InChI=1S/C18H32N4O.ClH/c1-14-16(13-21-22(14)18(2,3)4)17(23)20-12-11-19-15-9-7-5-6-8-10-15;/h13,15,19H,5-12H2,1-4H3,(H,20,23);1H. The molecule has 0 saturated heterocycles. The molecule has 0 radical (unpaired) electrons. The molecule has 1 fully saturated rings. The van der Waals surface area contributed by atoms with Gasteiger partial charge in [0.1, 0.15) is 0 Å². The molecule has 0 bridgehead atoms. The lowest BCUT2D eigenvalue weighted by molar-refractivity contribution is 0.0952. The summed E-state index contributed by atoms with van der Waals surface area (Å²) in [5, 5.41) is 10.9. The van der Waals surface area contributed by atoms with Crippen LogP contribution in [0.1, 0.15) is 75.3 Å². The van der Waals surface area contributed by atoms with E-state index < -0.39 is 0 Å². The normalized spacial score (nSPS) is 16.3. The molecule has 1 aromatic heterocycles. The molecule has 1 amide bonds. The van der Waals surface area contributed by atoms with Crippen molar-refractivity contribution in [2.75, 3.05) is 13.1 Å². The fourth-order valence-corrected chi connectivity index (χ4v) is 3.34. The first-order valence-corrected chi connectivity index (χ1v) is 8.96. The van der Waals surface area contributed by atoms with Crippen molar-refractivity contribution in [3.05, 3.63) is 17.5 Å². The molecule has 2 rings (SSSR count). The van der Waals surface area contributed by atoms with Crippen LogP contribution in [0.3, 0.4) is 0 Å². The van der Waals surface area contributed by atoms with Gasteiger partial charge in [-0.25, -0.2) is 0 Å². The van der Waals surface area contributed by atoms with E-state index in [-0.39, 0.29) is 23.9 Å². The molecule has 0 unspecified atom stereocenters. The van der Waals surface area contributed by atoms with Crippen LogP contribution in [0.5, 0.6) is 0 Å². The van der Waals surface area contributed by atoms with Gasteiger partial charge in [0.2, 0.25) is 0 Å². The van der Waals surface area contributed by atoms with Crippen LogP contribution in [0.4, 0.5) is 0 Å². The molecule has 0 aliphatic heterocycles. The largest absolute Gasteiger partial charge is 0.351 e. The summed E-state index contributed by atoms with van der Waals surface area (Å²) in [6.45, 7) is 9.72. The molecule has 1 heterocycles. The molecular weight excluding hydrogens is 324 g/mol. The van der Waals surface area contributed by atoms with Gasteiger partial charge >= 0.3 is 0 Å². The second-order valence-electron chi connectivity index (χ2n) is 7.62. The van der Waals surface area contributed by atoms with Gasteiger partial charge in [0.15, 0.2) is 0 Å². The van der Waals surface area contributed by atoms with Crippen molar-refractivity contribution in [3.8, 4) is 0 Å². The molecule has 138 valence electrons. The Kier molecular flexibility index (Phi) is 8.23. The zero-order chi connectivity index (χ0) is 16.9. The van der Waals surface area contributed by atoms with E-state index in [1.54, 1.807) is 6.20 Å². The maximum Gasteiger partial charge on any atom is 0.254 e. The number of aromatic nitrogens is 2. The minimum Gasteiger partial charge on any atom is -0.351 e. The Hall–Kier alpha value is -1.07. The van der Waals surface area contributed by atoms with E-state index in [1.807, 2.05) is 11.6 Å². The van der Waals surface area contributed by atoms with Gasteiger partial charge in [0.05, 0.1) is 17.3 Å². The number of carbonyl (C=O) groups is 1. The van der Waals surface area contributed by atoms with Crippen molar-refractivity contribution >= 4 is 18.3 Å². The third-order valence-electron chi connectivity index (χ3n) is 4.59. The van der Waals surface area contributed by atoms with Crippen molar-refractivity contribution in [1.82, 2.24) is 20.4 Å². The summed E-state index contributed by atoms with van der Waals surface area (Å²) in [4.78, 5) is 12.3. The number of hydrogen-bond acceptors (Lipinski definition) is 3. The van der Waals surface area contributed by atoms with E-state index in [1.165, 1.54) is 38.5 Å². The minimum absolute atomic E-state index is 0. The summed E-state index contributed by atoms with van der Waals surface area (Å²) < 4.78 is 1.91. The van der Waals surface area contributed by atoms with Crippen LogP contribution in [-0.2, 0) is 5.54 Å². The van der Waals surface area contributed by atoms with E-state index in [0.717, 1.165) is 12.2 Å². The first-order valence-electron chi connectivity index (χ1n) is 8.96. The summed E-state index contributed by atoms with van der Waals surface area (Å²) in [6, 6.07) is 0.625. The molecule has 1 aliphatic rings. The second kappa shape index (κ2) is 9.42. The molecule has 6 heteroatoms. The van der Waals surface area contributed by atoms with Crippen molar-refractivity contribution in [3.63, 3.8) is 0 Å². The van der Waals surface area contributed by atoms with Crippen molar-refractivity contribution in [1.29, 1.82) is 0 Å². The lowest BCUT2D eigenvalue weighted by atomic mass is 10.1. The maximum atomic E-state index is 12.3. The number of nitrogens with zero attached hydrogens (tertiary/aromatic N) is 2. The first kappa shape index (κ1) is 21.0. The fourth-order valence-electron chi connectivity index (χ4n) is 3.34. The zero-order valence-electron chi connectivity index (χ0n) is 15.5. The Labute approximate surface area is 152 Å². The van der Waals surface area contributed by atoms with E-state index in [0.29, 0.717) is 18.2 Å². The van der Waals surface area contributed by atoms with Gasteiger partial charge in [0, 0.05) is 24.8 Å². The van der Waals surface area contributed by atoms with Gasteiger partial charge in [-0.1, -0.05) is 25.7 Å². The van der Waals surface area contributed by atoms with Crippen LogP contribution >= 0.6 is 12.4 Å². The van der Waals surface area contributed by atoms with Crippen LogP contribution in [0.25, 0.3) is 0 Å². The monoisotopic (exact) mass is 356 g/mol. The Morgan fingerprint density at radius 1 is 1.21 bits per heavy atom. The van der Waals surface area contributed by atoms with Gasteiger partial charge in [-0.05, 0) is 40.5 Å². The molecule has 0 spiro atoms. The molecular formula is C18H33ClN4O. The zero-order valence-corrected chi connectivity index (χ0v) is 16.3. The molecule has 2 N–H and O–H groups in total. The number of rotatable bonds is 5. The fraction of sp³-hybridized carbons (Fsp3) is 0.778. The number of carbonyl (C=O) groups excluding carboxylic acids is 1. The molecule has 1 saturated carbocycles. The van der Waals surface area contributed by atoms with Gasteiger partial charge < -0.3 is 10.6 Å². The number of amides is 1. The van der Waals surface area contributed by atoms with E-state index in [9.17, 15) is 4.79 Å². The first-order chi connectivity index (χ1) is 10.9. The highest BCUT2D eigenvalue weighted by molar-refractivity contribution is 5.95. The smallest absolute Gasteiger partial charge is 0.254 e. The molecule has 0 aromatic carbocycles. The van der Waals surface area contributed by atoms with Crippen molar-refractivity contribution in [2.45, 2.75) is 77.8 Å². The number of nitrogens with one attached hydrogen (secondary N) is 2. The second-order valence-corrected chi connectivity index (χ2v) is 7.62. The molecule has 1 aliphatic carbocycles. The minimum atomic E-state index is -0.107. The molecule has 5 nitrogen and oxygen atoms in total. The van der Waals surface area contributed by atoms with Crippen LogP contribution < -0.4 is 10.6 Å². The molecule has 24 heavy (non-hydrogen) atoms. The predicted molar refractivity (Wildman–Crippen MR) is 101 cm³/mol. The van der Waals surface area contributed by atoms with Crippen LogP contribution in [-0.4, -0.2) is 34.8 Å². The third kappa shape index (κ3) is 5.78. The van der Waals surface area contributed by atoms with Gasteiger partial charge in [-0.2, -0.15) is 5.10 Å². The summed E-state index contributed by atoms with van der Waals surface area (Å²) >= 11 is 0. The summed E-state index contributed by atoms with van der Waals surface area (Å²) in [6.07, 6.45) is 9.60. The lowest BCUT2D eigenvalue weighted by Gasteiger charge is -2.21. The summed E-state index contributed by atoms with van der Waals surface area (Å²) in [7, 11) is 0. The summed E-state index contributed by atoms with van der Waals surface area (Å²) in [5.41, 5.74) is 1.49. The Morgan fingerprint density at radius 3 is 2.38 bits per heavy atom. The Morgan fingerprint density at radius 2 is 1.83 bits per heavy atom. The highest BCUT2D eigenvalue weighted by Gasteiger charge is 2.21. The summed E-state index contributed by atoms with van der Waals surface area (Å²) in [5.74, 6) is -0.0272. The van der Waals surface area contributed by atoms with Gasteiger partial charge in [-0.15, -0.1) is 12.4 Å².